The smallest absolute Gasteiger partial charge is 0.131 e. The van der Waals surface area contributed by atoms with Crippen molar-refractivity contribution >= 4 is 11.8 Å². The van der Waals surface area contributed by atoms with Crippen LogP contribution in [-0.4, -0.2) is 11.8 Å². The van der Waals surface area contributed by atoms with E-state index in [-0.39, 0.29) is 5.37 Å². The van der Waals surface area contributed by atoms with E-state index >= 15 is 0 Å². The molecular weight excluding hydrogens is 216 g/mol. The quantitative estimate of drug-likeness (QED) is 0.794. The highest BCUT2D eigenvalue weighted by Crippen LogP contribution is 2.32. The lowest BCUT2D eigenvalue weighted by molar-refractivity contribution is 0.493. The van der Waals surface area contributed by atoms with Crippen LogP contribution in [0.4, 0.5) is 8.78 Å². The van der Waals surface area contributed by atoms with Crippen LogP contribution in [0.25, 0.3) is 0 Å². The van der Waals surface area contributed by atoms with Gasteiger partial charge in [0.15, 0.2) is 0 Å². The first-order valence-electron chi connectivity index (χ1n) is 4.99. The average molecular weight is 229 g/mol. The first-order chi connectivity index (χ1) is 7.16. The minimum Gasteiger partial charge on any atom is -0.299 e. The molecule has 0 aliphatic carbocycles. The van der Waals surface area contributed by atoms with Crippen molar-refractivity contribution in [3.05, 3.63) is 35.4 Å². The van der Waals surface area contributed by atoms with Crippen molar-refractivity contribution in [1.29, 1.82) is 0 Å². The summed E-state index contributed by atoms with van der Waals surface area (Å²) in [5, 5.41) is 3.25. The van der Waals surface area contributed by atoms with Crippen molar-refractivity contribution in [3.63, 3.8) is 0 Å². The molecule has 1 saturated heterocycles. The summed E-state index contributed by atoms with van der Waals surface area (Å²) < 4.78 is 26.2. The van der Waals surface area contributed by atoms with E-state index in [1.165, 1.54) is 12.1 Å². The molecule has 82 valence electrons. The summed E-state index contributed by atoms with van der Waals surface area (Å²) in [6.45, 7) is 2.08. The van der Waals surface area contributed by atoms with Gasteiger partial charge in [0, 0.05) is 17.7 Å². The predicted octanol–water partition coefficient (Wildman–Crippen LogP) is 3.08. The largest absolute Gasteiger partial charge is 0.299 e. The molecule has 1 N–H and O–H groups in total. The lowest BCUT2D eigenvalue weighted by Gasteiger charge is -2.28. The molecule has 0 spiro atoms. The zero-order valence-electron chi connectivity index (χ0n) is 8.47. The number of rotatable bonds is 1. The zero-order valence-corrected chi connectivity index (χ0v) is 9.28. The van der Waals surface area contributed by atoms with Crippen molar-refractivity contribution in [2.45, 2.75) is 24.8 Å². The molecule has 0 radical (unpaired) electrons. The summed E-state index contributed by atoms with van der Waals surface area (Å²) in [5.74, 6) is 0.0227. The number of halogens is 2. The first-order valence-corrected chi connectivity index (χ1v) is 6.04. The summed E-state index contributed by atoms with van der Waals surface area (Å²) in [6, 6.07) is 4.16. The Hall–Kier alpha value is -0.610. The summed E-state index contributed by atoms with van der Waals surface area (Å²) >= 11 is 1.67. The van der Waals surface area contributed by atoms with Crippen molar-refractivity contribution in [1.82, 2.24) is 5.32 Å². The fraction of sp³-hybridized carbons (Fsp3) is 0.455. The monoisotopic (exact) mass is 229 g/mol. The summed E-state index contributed by atoms with van der Waals surface area (Å²) in [5.41, 5.74) is 0.549. The topological polar surface area (TPSA) is 12.0 Å². The van der Waals surface area contributed by atoms with Crippen LogP contribution in [0.5, 0.6) is 0 Å². The van der Waals surface area contributed by atoms with Crippen molar-refractivity contribution in [3.8, 4) is 0 Å². The molecule has 1 aliphatic rings. The number of hydrogen-bond acceptors (Lipinski definition) is 2. The van der Waals surface area contributed by atoms with Gasteiger partial charge in [-0.2, -0.15) is 0 Å². The number of thioether (sulfide) groups is 1. The molecule has 2 atom stereocenters. The molecule has 1 fully saturated rings. The van der Waals surface area contributed by atoms with Crippen molar-refractivity contribution < 1.29 is 8.78 Å². The van der Waals surface area contributed by atoms with Gasteiger partial charge in [0.05, 0.1) is 5.37 Å². The third kappa shape index (κ3) is 2.49. The van der Waals surface area contributed by atoms with E-state index in [0.717, 1.165) is 18.2 Å². The van der Waals surface area contributed by atoms with E-state index in [0.29, 0.717) is 11.6 Å². The maximum Gasteiger partial charge on any atom is 0.131 e. The Bertz CT molecular complexity index is 356. The fourth-order valence-electron chi connectivity index (χ4n) is 1.65. The van der Waals surface area contributed by atoms with E-state index < -0.39 is 11.6 Å². The molecule has 4 heteroatoms. The first kappa shape index (κ1) is 10.9. The number of nitrogens with one attached hydrogen (secondary N) is 1. The van der Waals surface area contributed by atoms with Crippen LogP contribution < -0.4 is 5.32 Å². The van der Waals surface area contributed by atoms with Gasteiger partial charge in [0.1, 0.15) is 11.6 Å². The molecule has 1 nitrogen and oxygen atoms in total. The summed E-state index contributed by atoms with van der Waals surface area (Å²) in [6.07, 6.45) is 1.09. The minimum atomic E-state index is -0.523. The Morgan fingerprint density at radius 2 is 2.20 bits per heavy atom. The standard InChI is InChI=1S/C11H13F2NS/c1-7-4-5-15-11(14-7)9-3-2-8(12)6-10(9)13/h2-3,6-7,11,14H,4-5H2,1H3. The Labute approximate surface area is 92.3 Å². The van der Waals surface area contributed by atoms with E-state index in [1.807, 2.05) is 0 Å². The second-order valence-corrected chi connectivity index (χ2v) is 4.99. The molecular formula is C11H13F2NS. The third-order valence-electron chi connectivity index (χ3n) is 2.52. The van der Waals surface area contributed by atoms with Gasteiger partial charge in [-0.3, -0.25) is 5.32 Å². The SMILES string of the molecule is CC1CCSC(c2ccc(F)cc2F)N1. The van der Waals surface area contributed by atoms with Gasteiger partial charge < -0.3 is 0 Å². The molecule has 0 saturated carbocycles. The predicted molar refractivity (Wildman–Crippen MR) is 58.8 cm³/mol. The molecule has 1 heterocycles. The Morgan fingerprint density at radius 3 is 2.87 bits per heavy atom. The van der Waals surface area contributed by atoms with Crippen LogP contribution in [-0.2, 0) is 0 Å². The van der Waals surface area contributed by atoms with Gasteiger partial charge in [-0.15, -0.1) is 11.8 Å². The van der Waals surface area contributed by atoms with Crippen LogP contribution in [0.2, 0.25) is 0 Å². The van der Waals surface area contributed by atoms with Crippen molar-refractivity contribution in [2.75, 3.05) is 5.75 Å². The number of hydrogen-bond donors (Lipinski definition) is 1. The fourth-order valence-corrected chi connectivity index (χ4v) is 3.07. The van der Waals surface area contributed by atoms with Crippen molar-refractivity contribution in [2.24, 2.45) is 0 Å². The lowest BCUT2D eigenvalue weighted by Crippen LogP contribution is -2.34. The van der Waals surface area contributed by atoms with Crippen LogP contribution in [0, 0.1) is 11.6 Å². The van der Waals surface area contributed by atoms with E-state index in [9.17, 15) is 8.78 Å². The highest BCUT2D eigenvalue weighted by molar-refractivity contribution is 7.99. The Morgan fingerprint density at radius 1 is 1.40 bits per heavy atom. The van der Waals surface area contributed by atoms with Crippen LogP contribution in [0.15, 0.2) is 18.2 Å². The molecule has 1 aliphatic heterocycles. The number of benzene rings is 1. The Kier molecular flexibility index (Phi) is 3.26. The molecule has 1 aromatic rings. The normalized spacial score (nSPS) is 26.6. The molecule has 0 aromatic heterocycles. The van der Waals surface area contributed by atoms with Gasteiger partial charge in [0.2, 0.25) is 0 Å². The van der Waals surface area contributed by atoms with Crippen LogP contribution >= 0.6 is 11.8 Å². The second kappa shape index (κ2) is 4.49. The third-order valence-corrected chi connectivity index (χ3v) is 3.71. The van der Waals surface area contributed by atoms with Gasteiger partial charge in [-0.1, -0.05) is 6.07 Å². The highest BCUT2D eigenvalue weighted by atomic mass is 32.2. The van der Waals surface area contributed by atoms with Crippen LogP contribution in [0.3, 0.4) is 0 Å². The zero-order chi connectivity index (χ0) is 10.8. The van der Waals surface area contributed by atoms with Gasteiger partial charge >= 0.3 is 0 Å². The lowest BCUT2D eigenvalue weighted by atomic mass is 10.1. The summed E-state index contributed by atoms with van der Waals surface area (Å²) in [4.78, 5) is 0. The summed E-state index contributed by atoms with van der Waals surface area (Å²) in [7, 11) is 0. The van der Waals surface area contributed by atoms with Gasteiger partial charge in [-0.25, -0.2) is 8.78 Å². The molecule has 2 unspecified atom stereocenters. The molecule has 0 amide bonds. The maximum absolute atomic E-state index is 13.5. The molecule has 2 rings (SSSR count). The minimum absolute atomic E-state index is 0.0469. The van der Waals surface area contributed by atoms with Gasteiger partial charge in [-0.05, 0) is 25.2 Å². The average Bonchev–Trinajstić information content (AvgIpc) is 2.17. The molecule has 15 heavy (non-hydrogen) atoms. The van der Waals surface area contributed by atoms with Crippen LogP contribution in [0.1, 0.15) is 24.3 Å². The van der Waals surface area contributed by atoms with E-state index in [2.05, 4.69) is 12.2 Å². The van der Waals surface area contributed by atoms with E-state index in [4.69, 9.17) is 0 Å². The van der Waals surface area contributed by atoms with Gasteiger partial charge in [0.25, 0.3) is 0 Å². The second-order valence-electron chi connectivity index (χ2n) is 3.77. The molecule has 0 bridgehead atoms. The Balaban J connectivity index is 2.21. The molecule has 1 aromatic carbocycles. The van der Waals surface area contributed by atoms with E-state index in [1.54, 1.807) is 11.8 Å². The maximum atomic E-state index is 13.5. The highest BCUT2D eigenvalue weighted by Gasteiger charge is 2.22.